The fraction of sp³-hybridized carbons (Fsp3) is 0.671. The average Bonchev–Trinajstić information content (AvgIpc) is 3.47. The minimum Gasteiger partial charge on any atom is -0.394 e. The van der Waals surface area contributed by atoms with Gasteiger partial charge in [0.1, 0.15) is 24.4 Å². The molecule has 7 unspecified atom stereocenters. The Bertz CT molecular complexity index is 1700. The summed E-state index contributed by atoms with van der Waals surface area (Å²) >= 11 is 0. The van der Waals surface area contributed by atoms with E-state index in [9.17, 15) is 30.3 Å². The molecule has 1 fully saturated rings. The van der Waals surface area contributed by atoms with E-state index >= 15 is 0 Å². The standard InChI is InChI=1S/C70H117NO8/c1-3-5-7-9-11-13-15-17-19-21-23-25-27-29-31-32-34-36-38-40-42-44-46-48-50-52-54-56-58-60-66(74)71-63(62-78-70-69(77)68(76)67(75)65(61-72)79-70)64(73)59-57-55-53-51-49-47-45-43-41-39-37-35-33-30-28-26-24-22-20-18-16-14-12-10-8-6-4-2/h5,7,11,13,17,19,23,25,29,31,34,36,40,42,46,48-49,51-52,54,57,59,63-65,67-70,72-73,75-77H,3-4,6,8-10,12,14-16,18,20-22,24,26-28,30,32-33,35,37-39,41,43-45,47,50,53,55-56,58,60-62H2,1-2H3,(H,71,74)/b7-5-,13-11-,19-17-,25-23-,31-29-,36-34-,42-40-,48-46-,51-49+,54-52-,59-57+. The van der Waals surface area contributed by atoms with Crippen molar-refractivity contribution in [2.75, 3.05) is 13.2 Å². The Hall–Kier alpha value is -3.67. The number of unbranched alkanes of at least 4 members (excludes halogenated alkanes) is 23. The lowest BCUT2D eigenvalue weighted by atomic mass is 9.99. The summed E-state index contributed by atoms with van der Waals surface area (Å²) in [5.74, 6) is -0.248. The zero-order valence-electron chi connectivity index (χ0n) is 50.1. The first-order valence-electron chi connectivity index (χ1n) is 31.9. The van der Waals surface area contributed by atoms with E-state index < -0.39 is 49.5 Å². The molecule has 79 heavy (non-hydrogen) atoms. The Kier molecular flexibility index (Phi) is 53.4. The van der Waals surface area contributed by atoms with Crippen LogP contribution in [0.3, 0.4) is 0 Å². The maximum Gasteiger partial charge on any atom is 0.220 e. The molecule has 0 aromatic carbocycles. The summed E-state index contributed by atoms with van der Waals surface area (Å²) in [7, 11) is 0. The Morgan fingerprint density at radius 3 is 1.22 bits per heavy atom. The molecule has 1 aliphatic rings. The number of aliphatic hydroxyl groups excluding tert-OH is 5. The summed E-state index contributed by atoms with van der Waals surface area (Å²) in [6, 6.07) is -0.865. The highest BCUT2D eigenvalue weighted by Gasteiger charge is 2.44. The van der Waals surface area contributed by atoms with E-state index in [2.05, 4.69) is 141 Å². The molecule has 6 N–H and O–H groups in total. The van der Waals surface area contributed by atoms with Gasteiger partial charge >= 0.3 is 0 Å². The molecule has 9 heteroatoms. The van der Waals surface area contributed by atoms with Crippen molar-refractivity contribution in [2.45, 2.75) is 288 Å². The highest BCUT2D eigenvalue weighted by Crippen LogP contribution is 2.23. The summed E-state index contributed by atoms with van der Waals surface area (Å²) < 4.78 is 11.3. The van der Waals surface area contributed by atoms with Crippen molar-refractivity contribution in [2.24, 2.45) is 0 Å². The fourth-order valence-electron chi connectivity index (χ4n) is 9.23. The van der Waals surface area contributed by atoms with Gasteiger partial charge < -0.3 is 40.3 Å². The summed E-state index contributed by atoms with van der Waals surface area (Å²) in [6.45, 7) is 3.63. The van der Waals surface area contributed by atoms with Gasteiger partial charge in [-0.25, -0.2) is 0 Å². The van der Waals surface area contributed by atoms with Crippen molar-refractivity contribution in [3.05, 3.63) is 134 Å². The van der Waals surface area contributed by atoms with Gasteiger partial charge in [0, 0.05) is 6.42 Å². The Balaban J connectivity index is 2.28. The number of nitrogens with one attached hydrogen (secondary N) is 1. The van der Waals surface area contributed by atoms with Crippen LogP contribution in [0.5, 0.6) is 0 Å². The minimum absolute atomic E-state index is 0.233. The third-order valence-electron chi connectivity index (χ3n) is 14.2. The van der Waals surface area contributed by atoms with E-state index in [-0.39, 0.29) is 18.9 Å². The number of ether oxygens (including phenoxy) is 2. The van der Waals surface area contributed by atoms with E-state index in [4.69, 9.17) is 9.47 Å². The van der Waals surface area contributed by atoms with Gasteiger partial charge in [-0.15, -0.1) is 0 Å². The van der Waals surface area contributed by atoms with E-state index in [1.54, 1.807) is 6.08 Å². The van der Waals surface area contributed by atoms with Crippen molar-refractivity contribution in [1.29, 1.82) is 0 Å². The third-order valence-corrected chi connectivity index (χ3v) is 14.2. The normalized spacial score (nSPS) is 19.5. The van der Waals surface area contributed by atoms with Crippen molar-refractivity contribution < 1.29 is 39.8 Å². The van der Waals surface area contributed by atoms with Crippen LogP contribution in [-0.2, 0) is 14.3 Å². The van der Waals surface area contributed by atoms with Crippen LogP contribution in [0.2, 0.25) is 0 Å². The molecule has 450 valence electrons. The van der Waals surface area contributed by atoms with Crippen LogP contribution in [0.15, 0.2) is 134 Å². The van der Waals surface area contributed by atoms with E-state index in [1.807, 2.05) is 6.08 Å². The predicted octanol–water partition coefficient (Wildman–Crippen LogP) is 16.9. The van der Waals surface area contributed by atoms with Gasteiger partial charge in [-0.1, -0.05) is 276 Å². The summed E-state index contributed by atoms with van der Waals surface area (Å²) in [6.07, 6.45) is 81.1. The molecular formula is C70H117NO8. The second-order valence-electron chi connectivity index (χ2n) is 21.5. The average molecular weight is 1100 g/mol. The molecule has 0 aromatic heterocycles. The van der Waals surface area contributed by atoms with Gasteiger partial charge in [0.15, 0.2) is 6.29 Å². The highest BCUT2D eigenvalue weighted by atomic mass is 16.7. The molecule has 0 spiro atoms. The van der Waals surface area contributed by atoms with E-state index in [0.29, 0.717) is 6.42 Å². The second-order valence-corrected chi connectivity index (χ2v) is 21.5. The maximum atomic E-state index is 13.1. The van der Waals surface area contributed by atoms with Crippen molar-refractivity contribution in [3.63, 3.8) is 0 Å². The largest absolute Gasteiger partial charge is 0.394 e. The smallest absolute Gasteiger partial charge is 0.220 e. The highest BCUT2D eigenvalue weighted by molar-refractivity contribution is 5.76. The lowest BCUT2D eigenvalue weighted by molar-refractivity contribution is -0.302. The number of rotatable bonds is 53. The number of hydrogen-bond acceptors (Lipinski definition) is 8. The first kappa shape index (κ1) is 73.3. The quantitative estimate of drug-likeness (QED) is 0.0261. The number of aliphatic hydroxyl groups is 5. The maximum absolute atomic E-state index is 13.1. The zero-order chi connectivity index (χ0) is 57.2. The number of carbonyl (C=O) groups is 1. The van der Waals surface area contributed by atoms with Crippen LogP contribution in [0.4, 0.5) is 0 Å². The Morgan fingerprint density at radius 1 is 0.443 bits per heavy atom. The molecule has 1 rings (SSSR count). The Morgan fingerprint density at radius 2 is 0.797 bits per heavy atom. The van der Waals surface area contributed by atoms with Crippen LogP contribution in [-0.4, -0.2) is 87.5 Å². The molecule has 1 amide bonds. The molecule has 0 radical (unpaired) electrons. The van der Waals surface area contributed by atoms with Crippen LogP contribution in [0.1, 0.15) is 245 Å². The lowest BCUT2D eigenvalue weighted by Gasteiger charge is -2.40. The monoisotopic (exact) mass is 1100 g/mol. The fourth-order valence-corrected chi connectivity index (χ4v) is 9.23. The topological polar surface area (TPSA) is 149 Å². The molecular weight excluding hydrogens is 983 g/mol. The predicted molar refractivity (Wildman–Crippen MR) is 336 cm³/mol. The zero-order valence-corrected chi connectivity index (χ0v) is 50.1. The minimum atomic E-state index is -1.59. The van der Waals surface area contributed by atoms with E-state index in [1.165, 1.54) is 135 Å². The van der Waals surface area contributed by atoms with Crippen LogP contribution < -0.4 is 5.32 Å². The summed E-state index contributed by atoms with van der Waals surface area (Å²) in [5, 5.41) is 54.6. The first-order chi connectivity index (χ1) is 38.8. The summed E-state index contributed by atoms with van der Waals surface area (Å²) in [4.78, 5) is 13.1. The number of hydrogen-bond donors (Lipinski definition) is 6. The second kappa shape index (κ2) is 57.6. The number of amides is 1. The molecule has 0 bridgehead atoms. The van der Waals surface area contributed by atoms with Crippen LogP contribution in [0.25, 0.3) is 0 Å². The first-order valence-corrected chi connectivity index (χ1v) is 31.9. The molecule has 0 aliphatic carbocycles. The lowest BCUT2D eigenvalue weighted by Crippen LogP contribution is -2.60. The van der Waals surface area contributed by atoms with Gasteiger partial charge in [0.2, 0.25) is 5.91 Å². The van der Waals surface area contributed by atoms with Crippen molar-refractivity contribution in [3.8, 4) is 0 Å². The van der Waals surface area contributed by atoms with Gasteiger partial charge in [-0.2, -0.15) is 0 Å². The summed E-state index contributed by atoms with van der Waals surface area (Å²) in [5.41, 5.74) is 0. The van der Waals surface area contributed by atoms with Crippen molar-refractivity contribution >= 4 is 5.91 Å². The molecule has 1 heterocycles. The molecule has 7 atom stereocenters. The van der Waals surface area contributed by atoms with E-state index in [0.717, 1.165) is 83.5 Å². The molecule has 0 saturated carbocycles. The third kappa shape index (κ3) is 46.6. The van der Waals surface area contributed by atoms with Gasteiger partial charge in [-0.3, -0.25) is 4.79 Å². The van der Waals surface area contributed by atoms with Gasteiger partial charge in [0.25, 0.3) is 0 Å². The number of carbonyl (C=O) groups excluding carboxylic acids is 1. The molecule has 0 aromatic rings. The SMILES string of the molecule is CC/C=C\C/C=C\C/C=C\C/C=C\C/C=C\C/C=C\C/C=C\C/C=C\C/C=C\CCCC(=O)NC(COC1OC(CO)C(O)C(O)C1O)C(O)/C=C/CC/C=C/CCCCCCCCCCCCCCCCCCCCCCC. The molecule has 1 saturated heterocycles. The van der Waals surface area contributed by atoms with Crippen molar-refractivity contribution in [1.82, 2.24) is 5.32 Å². The van der Waals surface area contributed by atoms with Crippen LogP contribution in [0, 0.1) is 0 Å². The molecule has 9 nitrogen and oxygen atoms in total. The van der Waals surface area contributed by atoms with Crippen LogP contribution >= 0.6 is 0 Å². The van der Waals surface area contributed by atoms with Gasteiger partial charge in [0.05, 0.1) is 25.4 Å². The molecule has 1 aliphatic heterocycles. The Labute approximate surface area is 483 Å². The van der Waals surface area contributed by atoms with Gasteiger partial charge in [-0.05, 0) is 96.3 Å². The number of allylic oxidation sites excluding steroid dienone is 21.